The normalized spacial score (nSPS) is 8.93. The molecule has 4 nitrogen and oxygen atoms in total. The highest BCUT2D eigenvalue weighted by Gasteiger charge is 2.13. The molecule has 1 aromatic carbocycles. The lowest BCUT2D eigenvalue weighted by Crippen LogP contribution is -2.02. The Morgan fingerprint density at radius 3 is 2.93 bits per heavy atom. The van der Waals surface area contributed by atoms with E-state index < -0.39 is 10.7 Å². The molecule has 0 amide bonds. The van der Waals surface area contributed by atoms with Gasteiger partial charge in [-0.2, -0.15) is 0 Å². The van der Waals surface area contributed by atoms with Crippen LogP contribution in [0.4, 0.5) is 15.8 Å². The number of nitro groups is 1. The quantitative estimate of drug-likeness (QED) is 0.470. The molecule has 0 aliphatic rings. The van der Waals surface area contributed by atoms with Crippen LogP contribution in [0, 0.1) is 27.8 Å². The van der Waals surface area contributed by atoms with Crippen LogP contribution in [0.25, 0.3) is 0 Å². The zero-order valence-electron chi connectivity index (χ0n) is 8.08. The van der Waals surface area contributed by atoms with Crippen LogP contribution in [0.3, 0.4) is 0 Å². The first-order valence-corrected chi connectivity index (χ1v) is 4.22. The summed E-state index contributed by atoms with van der Waals surface area (Å²) in [4.78, 5) is 10.0. The Labute approximate surface area is 86.3 Å². The van der Waals surface area contributed by atoms with E-state index in [0.717, 1.165) is 18.2 Å². The molecule has 0 aromatic heterocycles. The van der Waals surface area contributed by atoms with Crippen LogP contribution in [0.5, 0.6) is 0 Å². The van der Waals surface area contributed by atoms with Gasteiger partial charge in [0.15, 0.2) is 0 Å². The van der Waals surface area contributed by atoms with Gasteiger partial charge in [0.25, 0.3) is 5.69 Å². The molecule has 0 unspecified atom stereocenters. The van der Waals surface area contributed by atoms with E-state index in [2.05, 4.69) is 17.2 Å². The predicted octanol–water partition coefficient (Wildman–Crippen LogP) is 2.17. The van der Waals surface area contributed by atoms with Crippen molar-refractivity contribution in [1.82, 2.24) is 0 Å². The standard InChI is InChI=1S/C10H9FN2O2/c1-2-3-6-12-9-7-8(11)4-5-10(9)13(14)15/h4-5,7,12H,6H2,1H3. The number of benzene rings is 1. The summed E-state index contributed by atoms with van der Waals surface area (Å²) in [6, 6.07) is 3.25. The fraction of sp³-hybridized carbons (Fsp3) is 0.200. The van der Waals surface area contributed by atoms with E-state index in [9.17, 15) is 14.5 Å². The van der Waals surface area contributed by atoms with Crippen molar-refractivity contribution in [3.05, 3.63) is 34.1 Å². The Kier molecular flexibility index (Phi) is 3.63. The van der Waals surface area contributed by atoms with Crippen molar-refractivity contribution >= 4 is 11.4 Å². The zero-order chi connectivity index (χ0) is 11.3. The molecule has 0 saturated heterocycles. The average Bonchev–Trinajstić information content (AvgIpc) is 2.18. The number of hydrogen-bond donors (Lipinski definition) is 1. The van der Waals surface area contributed by atoms with Gasteiger partial charge in [-0.05, 0) is 13.0 Å². The molecular weight excluding hydrogens is 199 g/mol. The summed E-state index contributed by atoms with van der Waals surface area (Å²) in [6.07, 6.45) is 0. The van der Waals surface area contributed by atoms with Crippen molar-refractivity contribution in [3.63, 3.8) is 0 Å². The SMILES string of the molecule is CC#CCNc1cc(F)ccc1[N+](=O)[O-]. The highest BCUT2D eigenvalue weighted by atomic mass is 19.1. The summed E-state index contributed by atoms with van der Waals surface area (Å²) < 4.78 is 12.8. The lowest BCUT2D eigenvalue weighted by atomic mass is 10.2. The van der Waals surface area contributed by atoms with E-state index in [-0.39, 0.29) is 17.9 Å². The highest BCUT2D eigenvalue weighted by molar-refractivity contribution is 5.61. The Morgan fingerprint density at radius 2 is 2.33 bits per heavy atom. The number of nitrogens with one attached hydrogen (secondary N) is 1. The van der Waals surface area contributed by atoms with E-state index in [1.165, 1.54) is 0 Å². The van der Waals surface area contributed by atoms with Crippen molar-refractivity contribution < 1.29 is 9.31 Å². The first kappa shape index (κ1) is 11.0. The molecule has 78 valence electrons. The average molecular weight is 208 g/mol. The molecule has 5 heteroatoms. The van der Waals surface area contributed by atoms with Gasteiger partial charge in [0.2, 0.25) is 0 Å². The molecule has 0 aliphatic carbocycles. The Balaban J connectivity index is 2.95. The minimum Gasteiger partial charge on any atom is -0.368 e. The van der Waals surface area contributed by atoms with Gasteiger partial charge in [-0.1, -0.05) is 5.92 Å². The second-order valence-corrected chi connectivity index (χ2v) is 2.70. The molecule has 0 radical (unpaired) electrons. The van der Waals surface area contributed by atoms with Crippen LogP contribution in [0.15, 0.2) is 18.2 Å². The lowest BCUT2D eigenvalue weighted by molar-refractivity contribution is -0.384. The van der Waals surface area contributed by atoms with Gasteiger partial charge in [-0.3, -0.25) is 10.1 Å². The molecule has 0 heterocycles. The summed E-state index contributed by atoms with van der Waals surface area (Å²) in [6.45, 7) is 1.91. The van der Waals surface area contributed by atoms with Gasteiger partial charge in [0, 0.05) is 12.1 Å². The first-order valence-electron chi connectivity index (χ1n) is 4.22. The maximum Gasteiger partial charge on any atom is 0.292 e. The Hall–Kier alpha value is -2.09. The fourth-order valence-corrected chi connectivity index (χ4v) is 1.04. The van der Waals surface area contributed by atoms with Crippen LogP contribution >= 0.6 is 0 Å². The molecular formula is C10H9FN2O2. The zero-order valence-corrected chi connectivity index (χ0v) is 8.08. The molecule has 0 bridgehead atoms. The largest absolute Gasteiger partial charge is 0.368 e. The van der Waals surface area contributed by atoms with Crippen molar-refractivity contribution in [2.24, 2.45) is 0 Å². The number of nitro benzene ring substituents is 1. The van der Waals surface area contributed by atoms with Crippen LogP contribution < -0.4 is 5.32 Å². The van der Waals surface area contributed by atoms with Gasteiger partial charge in [-0.15, -0.1) is 5.92 Å². The van der Waals surface area contributed by atoms with Crippen LogP contribution in [0.2, 0.25) is 0 Å². The van der Waals surface area contributed by atoms with E-state index in [1.54, 1.807) is 6.92 Å². The minimum atomic E-state index is -0.568. The summed E-state index contributed by atoms with van der Waals surface area (Å²) in [5, 5.41) is 13.3. The van der Waals surface area contributed by atoms with Gasteiger partial charge in [0.05, 0.1) is 11.5 Å². The highest BCUT2D eigenvalue weighted by Crippen LogP contribution is 2.24. The minimum absolute atomic E-state index is 0.141. The van der Waals surface area contributed by atoms with Crippen LogP contribution in [0.1, 0.15) is 6.92 Å². The lowest BCUT2D eigenvalue weighted by Gasteiger charge is -2.03. The second-order valence-electron chi connectivity index (χ2n) is 2.70. The summed E-state index contributed by atoms with van der Waals surface area (Å²) in [7, 11) is 0. The Bertz CT molecular complexity index is 435. The molecule has 1 aromatic rings. The third-order valence-corrected chi connectivity index (χ3v) is 1.70. The van der Waals surface area contributed by atoms with Crippen molar-refractivity contribution in [2.75, 3.05) is 11.9 Å². The third-order valence-electron chi connectivity index (χ3n) is 1.70. The molecule has 0 atom stereocenters. The second kappa shape index (κ2) is 4.96. The topological polar surface area (TPSA) is 55.2 Å². The van der Waals surface area contributed by atoms with E-state index in [4.69, 9.17) is 0 Å². The molecule has 1 N–H and O–H groups in total. The number of rotatable bonds is 3. The number of nitrogens with zero attached hydrogens (tertiary/aromatic N) is 1. The number of anilines is 1. The first-order chi connectivity index (χ1) is 7.15. The maximum absolute atomic E-state index is 12.8. The molecule has 0 fully saturated rings. The molecule has 0 saturated carbocycles. The maximum atomic E-state index is 12.8. The van der Waals surface area contributed by atoms with Crippen molar-refractivity contribution in [2.45, 2.75) is 6.92 Å². The fourth-order valence-electron chi connectivity index (χ4n) is 1.04. The molecule has 0 aliphatic heterocycles. The Morgan fingerprint density at radius 1 is 1.60 bits per heavy atom. The summed E-state index contributed by atoms with van der Waals surface area (Å²) >= 11 is 0. The smallest absolute Gasteiger partial charge is 0.292 e. The predicted molar refractivity (Wildman–Crippen MR) is 55.0 cm³/mol. The van der Waals surface area contributed by atoms with Gasteiger partial charge < -0.3 is 5.32 Å². The van der Waals surface area contributed by atoms with E-state index in [0.29, 0.717) is 0 Å². The third kappa shape index (κ3) is 2.95. The summed E-state index contributed by atoms with van der Waals surface area (Å²) in [5.41, 5.74) is -0.0166. The summed E-state index contributed by atoms with van der Waals surface area (Å²) in [5.74, 6) is 4.78. The monoisotopic (exact) mass is 208 g/mol. The van der Waals surface area contributed by atoms with Crippen molar-refractivity contribution in [3.8, 4) is 11.8 Å². The molecule has 0 spiro atoms. The van der Waals surface area contributed by atoms with Crippen LogP contribution in [-0.2, 0) is 0 Å². The van der Waals surface area contributed by atoms with Gasteiger partial charge >= 0.3 is 0 Å². The molecule has 15 heavy (non-hydrogen) atoms. The number of halogens is 1. The van der Waals surface area contributed by atoms with Gasteiger partial charge in [-0.25, -0.2) is 4.39 Å². The number of hydrogen-bond acceptors (Lipinski definition) is 3. The van der Waals surface area contributed by atoms with E-state index >= 15 is 0 Å². The van der Waals surface area contributed by atoms with E-state index in [1.807, 2.05) is 0 Å². The van der Waals surface area contributed by atoms with Gasteiger partial charge in [0.1, 0.15) is 11.5 Å². The van der Waals surface area contributed by atoms with Crippen LogP contribution in [-0.4, -0.2) is 11.5 Å². The molecule has 1 rings (SSSR count). The van der Waals surface area contributed by atoms with Crippen molar-refractivity contribution in [1.29, 1.82) is 0 Å².